The Labute approximate surface area is 766 Å². The van der Waals surface area contributed by atoms with E-state index in [0.717, 1.165) is 111 Å². The van der Waals surface area contributed by atoms with Crippen LogP contribution in [-0.2, 0) is 68.5 Å². The van der Waals surface area contributed by atoms with E-state index >= 15 is 24.0 Å². The van der Waals surface area contributed by atoms with Crippen molar-refractivity contribution in [2.45, 2.75) is 213 Å². The lowest BCUT2D eigenvalue weighted by Crippen LogP contribution is -2.65. The molecule has 1 unspecified atom stereocenters. The van der Waals surface area contributed by atoms with Crippen LogP contribution in [0.3, 0.4) is 0 Å². The molecule has 16 rings (SSSR count). The van der Waals surface area contributed by atoms with Gasteiger partial charge < -0.3 is 172 Å². The smallest absolute Gasteiger partial charge is 0.283 e. The molecular weight excluding hydrogens is 1790 g/mol. The first-order valence-electron chi connectivity index (χ1n) is 42.5. The summed E-state index contributed by atoms with van der Waals surface area (Å²) in [5, 5.41) is 193. The summed E-state index contributed by atoms with van der Waals surface area (Å²) in [4.78, 5) is 138. The SMILES string of the molecule is CCC(C)CCCCCCC(=O)N[C@H]1[C@H](Oc2c3cc4cc2Oc2ccc(cc2Cl)[C@@H](O[C@@H]2O[C@H](CO)[C@@H](O)[C@H](O)[C@H]2NC(C)=O)[C@@H]2NC(=O)[C@H](NC(=O)[C@@H]4NC(=O)[C@H]4NC(=O)[C@@H](Cc5ccc(c(Cl)c5)O3)NC(=O)[C@H]([NH3+])c3ccc(O)c(c3)Oc3cc(O)cc4c3)c3ccc(O)c(c3)-c3c(O[C@H]4O[C@H](CO)[C@@H](O)[C@H](O)[C@@H]4O)cc(O)cc3[C@@H](C(=O)[O-])NC2=O)O[C@H](CO)[C@@H](O)[C@@H]1O. The molecule has 9 aliphatic heterocycles. The molecule has 9 aliphatic rings. The molecule has 0 radical (unpaired) electrons. The number of aliphatic hydroxyl groups is 10. The Kier molecular flexibility index (Phi) is 30.0. The fourth-order valence-corrected chi connectivity index (χ4v) is 17.1. The molecule has 17 bridgehead atoms. The highest BCUT2D eigenvalue weighted by Crippen LogP contribution is 2.51. The second-order valence-electron chi connectivity index (χ2n) is 33.4. The number of unbranched alkanes of at least 4 members (excludes halogenated alkanes) is 3. The minimum absolute atomic E-state index is 0.136. The lowest BCUT2D eigenvalue weighted by atomic mass is 9.89. The van der Waals surface area contributed by atoms with Crippen LogP contribution >= 0.6 is 23.2 Å². The van der Waals surface area contributed by atoms with Gasteiger partial charge in [0, 0.05) is 48.6 Å². The van der Waals surface area contributed by atoms with Gasteiger partial charge in [0.25, 0.3) is 5.91 Å². The number of rotatable bonds is 20. The third-order valence-electron chi connectivity index (χ3n) is 24.1. The molecule has 25 N–H and O–H groups in total. The van der Waals surface area contributed by atoms with Gasteiger partial charge in [0.2, 0.25) is 59.7 Å². The van der Waals surface area contributed by atoms with Gasteiger partial charge >= 0.3 is 0 Å². The molecule has 3 fully saturated rings. The summed E-state index contributed by atoms with van der Waals surface area (Å²) in [6, 6.07) is 0.936. The molecule has 0 aromatic heterocycles. The normalized spacial score (nSPS) is 29.0. The average molecular weight is 1890 g/mol. The predicted octanol–water partition coefficient (Wildman–Crippen LogP) is -0.642. The Morgan fingerprint density at radius 3 is 1.71 bits per heavy atom. The molecule has 7 aromatic rings. The molecule has 42 nitrogen and oxygen atoms in total. The van der Waals surface area contributed by atoms with Crippen molar-refractivity contribution in [2.24, 2.45) is 5.92 Å². The van der Waals surface area contributed by atoms with Crippen LogP contribution in [-0.4, -0.2) is 249 Å². The van der Waals surface area contributed by atoms with E-state index in [0.29, 0.717) is 18.8 Å². The number of amides is 8. The van der Waals surface area contributed by atoms with Gasteiger partial charge in [-0.2, -0.15) is 0 Å². The van der Waals surface area contributed by atoms with E-state index < -0.39 is 310 Å². The Hall–Kier alpha value is -12.1. The van der Waals surface area contributed by atoms with Gasteiger partial charge in [0.1, 0.15) is 150 Å². The molecule has 8 amide bonds. The van der Waals surface area contributed by atoms with Crippen molar-refractivity contribution >= 4 is 76.4 Å². The first-order chi connectivity index (χ1) is 63.4. The second-order valence-corrected chi connectivity index (χ2v) is 34.2. The van der Waals surface area contributed by atoms with Crippen LogP contribution in [0.1, 0.15) is 141 Å². The first kappa shape index (κ1) is 97.0. The third kappa shape index (κ3) is 21.1. The summed E-state index contributed by atoms with van der Waals surface area (Å²) in [5.41, 5.74) is 0.224. The molecular formula is C89H99Cl2N9O33. The van der Waals surface area contributed by atoms with Gasteiger partial charge in [0.05, 0.1) is 41.9 Å². The number of aliphatic hydroxyl groups excluding tert-OH is 10. The summed E-state index contributed by atoms with van der Waals surface area (Å²) in [6.45, 7) is 2.02. The highest BCUT2D eigenvalue weighted by Gasteiger charge is 2.52. The van der Waals surface area contributed by atoms with Crippen LogP contribution < -0.4 is 77.1 Å². The predicted molar refractivity (Wildman–Crippen MR) is 454 cm³/mol. The number of aliphatic carboxylic acids is 1. The van der Waals surface area contributed by atoms with Gasteiger partial charge in [-0.3, -0.25) is 38.4 Å². The molecule has 7 aromatic carbocycles. The van der Waals surface area contributed by atoms with E-state index in [1.807, 2.05) is 0 Å². The summed E-state index contributed by atoms with van der Waals surface area (Å²) in [5.74, 6) is -19.2. The number of phenols is 4. The van der Waals surface area contributed by atoms with Crippen molar-refractivity contribution in [3.63, 3.8) is 0 Å². The van der Waals surface area contributed by atoms with E-state index in [-0.39, 0.29) is 45.4 Å². The number of hydrogen-bond acceptors (Lipinski definition) is 33. The number of carboxylic acid groups (broad SMARTS) is 1. The lowest BCUT2D eigenvalue weighted by molar-refractivity contribution is -0.409. The minimum atomic E-state index is -2.69. The first-order valence-corrected chi connectivity index (χ1v) is 43.3. The number of carboxylic acids is 1. The van der Waals surface area contributed by atoms with Crippen molar-refractivity contribution < 1.29 is 168 Å². The molecule has 712 valence electrons. The van der Waals surface area contributed by atoms with Crippen molar-refractivity contribution in [2.75, 3.05) is 19.8 Å². The van der Waals surface area contributed by atoms with Crippen LogP contribution in [0.15, 0.2) is 115 Å². The van der Waals surface area contributed by atoms with Crippen LogP contribution in [0.5, 0.6) is 69.0 Å². The fourth-order valence-electron chi connectivity index (χ4n) is 16.6. The number of ether oxygens (including phenoxy) is 9. The van der Waals surface area contributed by atoms with Crippen LogP contribution in [0.25, 0.3) is 11.1 Å². The van der Waals surface area contributed by atoms with Crippen molar-refractivity contribution in [1.29, 1.82) is 0 Å². The van der Waals surface area contributed by atoms with Gasteiger partial charge in [-0.25, -0.2) is 0 Å². The number of carbonyl (C=O) groups is 9. The molecule has 24 atom stereocenters. The van der Waals surface area contributed by atoms with Gasteiger partial charge in [0.15, 0.2) is 35.3 Å². The molecule has 133 heavy (non-hydrogen) atoms. The molecule has 3 saturated heterocycles. The maximum Gasteiger partial charge on any atom is 0.283 e. The number of benzene rings is 7. The zero-order valence-corrected chi connectivity index (χ0v) is 72.6. The van der Waals surface area contributed by atoms with Crippen molar-refractivity contribution in [3.05, 3.63) is 164 Å². The maximum atomic E-state index is 17.0. The Bertz CT molecular complexity index is 5580. The van der Waals surface area contributed by atoms with Crippen molar-refractivity contribution in [1.82, 2.24) is 42.5 Å². The quantitative estimate of drug-likeness (QED) is 0.0422. The third-order valence-corrected chi connectivity index (χ3v) is 24.7. The highest BCUT2D eigenvalue weighted by atomic mass is 35.5. The number of phenolic OH excluding ortho intramolecular Hbond substituents is 4. The number of nitrogens with one attached hydrogen (secondary N) is 8. The van der Waals surface area contributed by atoms with Gasteiger partial charge in [-0.1, -0.05) is 87.4 Å². The number of halogens is 2. The number of carbonyl (C=O) groups excluding carboxylic acids is 9. The van der Waals surface area contributed by atoms with E-state index in [4.69, 9.17) is 65.8 Å². The van der Waals surface area contributed by atoms with E-state index in [9.17, 15) is 95.8 Å². The van der Waals surface area contributed by atoms with Gasteiger partial charge in [-0.05, 0) is 131 Å². The highest BCUT2D eigenvalue weighted by molar-refractivity contribution is 6.32. The summed E-state index contributed by atoms with van der Waals surface area (Å²) >= 11 is 14.7. The van der Waals surface area contributed by atoms with E-state index in [1.54, 1.807) is 0 Å². The largest absolute Gasteiger partial charge is 0.548 e. The molecule has 0 aliphatic carbocycles. The van der Waals surface area contributed by atoms with E-state index in [1.165, 1.54) is 36.4 Å². The summed E-state index contributed by atoms with van der Waals surface area (Å²) in [7, 11) is 0. The van der Waals surface area contributed by atoms with Crippen LogP contribution in [0.2, 0.25) is 10.0 Å². The molecule has 9 heterocycles. The Balaban J connectivity index is 1.03. The summed E-state index contributed by atoms with van der Waals surface area (Å²) < 4.78 is 57.5. The summed E-state index contributed by atoms with van der Waals surface area (Å²) in [6.07, 6.45) is -24.9. The number of hydrogen-bond donors (Lipinski definition) is 23. The second kappa shape index (κ2) is 41.2. The van der Waals surface area contributed by atoms with Crippen LogP contribution in [0.4, 0.5) is 0 Å². The maximum absolute atomic E-state index is 17.0. The topological polar surface area (TPSA) is 667 Å². The van der Waals surface area contributed by atoms with Gasteiger partial charge in [-0.15, -0.1) is 0 Å². The average Bonchev–Trinajstić information content (AvgIpc) is 0.763. The number of quaternary nitrogens is 1. The standard InChI is InChI=1S/C89H99Cl2N9O33/c1-4-34(2)9-7-5-6-8-10-61(109)95-69-75(114)72(111)59(32-102)130-88(69)133-79-56-26-41-27-57(79)127-53-18-14-39(24-48(53)91)78(132-87-68(93-35(3)104)74(113)71(110)58(31-101)129-87)70-85(122)99-67(86(123)124)46-29-43(106)30-55(128-89-77(116)76(115)73(112)60(33-103)131-89)62(46)45-23-38(13-15-50(45)107)64(82(119)100-70)97-84(121)66(41)98-83(120)65-40-21-42(105)28-44(22-40)125-54-25-37(12-16-51(54)108)63(92)81(118)94-49(80(117)96-65)20-36-11-17-52(126-56)47(90)19-36/h11-19,21-30,34,49,58-60,63-78,87-89,101-103,105-108,110-116H,4-10,20,31-33,92H2,1-3H3,(H,93,104)(H,94,118)(H,95,109)(H,96,117)(H,97,121)(H,98,120)(H,99,122)(H,100,119)(H,123,124)/t34?,49-,58-,59-,60-,63-,64-,65+,66-,67+,68-,69-,70+,71-,72-,73-,74-,75-,76+,77+,78-,87+,88+,89+/m1/s1. The monoisotopic (exact) mass is 1890 g/mol. The fraction of sp³-hybridized carbons (Fsp3) is 0.427. The molecule has 0 spiro atoms. The zero-order valence-electron chi connectivity index (χ0n) is 71.1. The number of aromatic hydroxyl groups is 4. The van der Waals surface area contributed by atoms with Crippen molar-refractivity contribution in [3.8, 4) is 80.1 Å². The molecule has 0 saturated carbocycles. The molecule has 44 heteroatoms. The Morgan fingerprint density at radius 2 is 1.08 bits per heavy atom. The van der Waals surface area contributed by atoms with E-state index in [2.05, 4.69) is 62.1 Å². The zero-order chi connectivity index (χ0) is 95.6. The van der Waals surface area contributed by atoms with Crippen LogP contribution in [0, 0.1) is 5.92 Å². The Morgan fingerprint density at radius 1 is 0.519 bits per heavy atom. The lowest BCUT2D eigenvalue weighted by Gasteiger charge is -2.44. The number of fused-ring (bicyclic) bond motifs is 14. The minimum Gasteiger partial charge on any atom is -0.548 e.